The Labute approximate surface area is 101 Å². The second-order valence-corrected chi connectivity index (χ2v) is 4.45. The lowest BCUT2D eigenvalue weighted by Crippen LogP contribution is -2.30. The van der Waals surface area contributed by atoms with Crippen molar-refractivity contribution in [2.75, 3.05) is 13.1 Å². The van der Waals surface area contributed by atoms with Crippen molar-refractivity contribution < 1.29 is 9.90 Å². The van der Waals surface area contributed by atoms with Crippen LogP contribution in [0.25, 0.3) is 0 Å². The minimum Gasteiger partial charge on any atom is -0.478 e. The van der Waals surface area contributed by atoms with E-state index in [2.05, 4.69) is 24.0 Å². The lowest BCUT2D eigenvalue weighted by atomic mass is 10.1. The molecule has 0 bridgehead atoms. The van der Waals surface area contributed by atoms with Gasteiger partial charge in [-0.3, -0.25) is 4.90 Å². The van der Waals surface area contributed by atoms with Crippen molar-refractivity contribution >= 4 is 5.97 Å². The molecule has 0 spiro atoms. The van der Waals surface area contributed by atoms with E-state index in [1.165, 1.54) is 11.1 Å². The minimum absolute atomic E-state index is 0.547. The summed E-state index contributed by atoms with van der Waals surface area (Å²) in [5.41, 5.74) is 3.16. The van der Waals surface area contributed by atoms with Crippen molar-refractivity contribution in [1.82, 2.24) is 4.90 Å². The smallest absolute Gasteiger partial charge is 0.331 e. The van der Waals surface area contributed by atoms with Crippen molar-refractivity contribution in [1.29, 1.82) is 0 Å². The summed E-state index contributed by atoms with van der Waals surface area (Å²) in [5, 5.41) is 8.87. The number of hydrogen-bond acceptors (Lipinski definition) is 2. The van der Waals surface area contributed by atoms with Crippen LogP contribution in [0.1, 0.15) is 17.5 Å². The molecule has 2 rings (SSSR count). The highest BCUT2D eigenvalue weighted by Crippen LogP contribution is 2.15. The van der Waals surface area contributed by atoms with Crippen LogP contribution in [-0.2, 0) is 11.3 Å². The van der Waals surface area contributed by atoms with Gasteiger partial charge in [-0.2, -0.15) is 0 Å². The summed E-state index contributed by atoms with van der Waals surface area (Å²) in [6.07, 6.45) is 2.46. The van der Waals surface area contributed by atoms with Gasteiger partial charge in [0.15, 0.2) is 0 Å². The maximum absolute atomic E-state index is 10.8. The van der Waals surface area contributed by atoms with Gasteiger partial charge in [-0.05, 0) is 24.5 Å². The first-order valence-electron chi connectivity index (χ1n) is 5.86. The van der Waals surface area contributed by atoms with Gasteiger partial charge in [0, 0.05) is 25.2 Å². The number of hydrogen-bond donors (Lipinski definition) is 1. The molecular weight excluding hydrogens is 214 g/mol. The predicted octanol–water partition coefficient (Wildman–Crippen LogP) is 2.21. The number of rotatable bonds is 3. The number of carboxylic acids is 1. The molecule has 3 heteroatoms. The second kappa shape index (κ2) is 5.15. The fourth-order valence-corrected chi connectivity index (χ4v) is 2.08. The minimum atomic E-state index is -0.777. The maximum atomic E-state index is 10.8. The summed E-state index contributed by atoms with van der Waals surface area (Å²) in [7, 11) is 0. The van der Waals surface area contributed by atoms with E-state index in [0.29, 0.717) is 12.0 Å². The fourth-order valence-electron chi connectivity index (χ4n) is 2.08. The Kier molecular flexibility index (Phi) is 3.59. The zero-order valence-electron chi connectivity index (χ0n) is 10.0. The molecule has 0 amide bonds. The number of aryl methyl sites for hydroxylation is 1. The van der Waals surface area contributed by atoms with Gasteiger partial charge in [-0.15, -0.1) is 0 Å². The Morgan fingerprint density at radius 1 is 1.41 bits per heavy atom. The van der Waals surface area contributed by atoms with E-state index in [1.54, 1.807) is 0 Å². The lowest BCUT2D eigenvalue weighted by Gasteiger charge is -2.25. The molecule has 0 unspecified atom stereocenters. The summed E-state index contributed by atoms with van der Waals surface area (Å²) in [5.74, 6) is -0.777. The van der Waals surface area contributed by atoms with E-state index in [9.17, 15) is 4.79 Å². The Hall–Kier alpha value is -1.61. The van der Waals surface area contributed by atoms with Crippen molar-refractivity contribution in [3.8, 4) is 0 Å². The number of aliphatic carboxylic acids is 1. The highest BCUT2D eigenvalue weighted by molar-refractivity contribution is 5.86. The molecule has 0 saturated carbocycles. The Morgan fingerprint density at radius 3 is 2.76 bits per heavy atom. The molecular formula is C14H17NO2. The maximum Gasteiger partial charge on any atom is 0.331 e. The molecule has 1 N–H and O–H groups in total. The molecule has 1 aromatic rings. The zero-order chi connectivity index (χ0) is 12.3. The fraction of sp³-hybridized carbons (Fsp3) is 0.357. The van der Waals surface area contributed by atoms with Gasteiger partial charge in [-0.25, -0.2) is 4.79 Å². The van der Waals surface area contributed by atoms with Gasteiger partial charge in [0.25, 0.3) is 0 Å². The van der Waals surface area contributed by atoms with Crippen LogP contribution < -0.4 is 0 Å². The van der Waals surface area contributed by atoms with E-state index < -0.39 is 5.97 Å². The van der Waals surface area contributed by atoms with Crippen molar-refractivity contribution in [2.24, 2.45) is 0 Å². The summed E-state index contributed by atoms with van der Waals surface area (Å²) in [4.78, 5) is 13.1. The van der Waals surface area contributed by atoms with Crippen LogP contribution in [-0.4, -0.2) is 29.1 Å². The third-order valence-corrected chi connectivity index (χ3v) is 3.22. The first-order chi connectivity index (χ1) is 8.16. The van der Waals surface area contributed by atoms with Gasteiger partial charge in [0.05, 0.1) is 0 Å². The molecule has 0 aliphatic carbocycles. The molecule has 90 valence electrons. The normalized spacial score (nSPS) is 16.6. The third kappa shape index (κ3) is 2.94. The summed E-state index contributed by atoms with van der Waals surface area (Å²) in [6.45, 7) is 4.57. The molecule has 0 atom stereocenters. The predicted molar refractivity (Wildman–Crippen MR) is 66.8 cm³/mol. The topological polar surface area (TPSA) is 40.5 Å². The summed E-state index contributed by atoms with van der Waals surface area (Å²) in [6, 6.07) is 8.33. The van der Waals surface area contributed by atoms with Crippen molar-refractivity contribution in [2.45, 2.75) is 19.9 Å². The molecule has 0 aromatic heterocycles. The van der Waals surface area contributed by atoms with E-state index >= 15 is 0 Å². The van der Waals surface area contributed by atoms with Gasteiger partial charge >= 0.3 is 5.97 Å². The average Bonchev–Trinajstić information content (AvgIpc) is 2.33. The number of carbonyl (C=O) groups is 1. The first-order valence-corrected chi connectivity index (χ1v) is 5.86. The van der Waals surface area contributed by atoms with Crippen LogP contribution in [0, 0.1) is 6.92 Å². The molecule has 1 aromatic carbocycles. The summed E-state index contributed by atoms with van der Waals surface area (Å²) < 4.78 is 0. The third-order valence-electron chi connectivity index (χ3n) is 3.22. The van der Waals surface area contributed by atoms with Crippen LogP contribution in [0.4, 0.5) is 0 Å². The Balaban J connectivity index is 1.99. The molecule has 0 radical (unpaired) electrons. The molecule has 1 aliphatic rings. The Bertz CT molecular complexity index is 451. The average molecular weight is 231 g/mol. The molecule has 0 saturated heterocycles. The quantitative estimate of drug-likeness (QED) is 0.867. The second-order valence-electron chi connectivity index (χ2n) is 4.45. The summed E-state index contributed by atoms with van der Waals surface area (Å²) >= 11 is 0. The van der Waals surface area contributed by atoms with Crippen molar-refractivity contribution in [3.05, 3.63) is 47.0 Å². The van der Waals surface area contributed by atoms with Crippen LogP contribution in [0.3, 0.4) is 0 Å². The standard InChI is InChI=1S/C14H17NO2/c1-11-4-2-3-5-13(11)10-15-8-6-12(7-9-15)14(16)17/h2-6H,7-10H2,1H3,(H,16,17). The van der Waals surface area contributed by atoms with E-state index in [1.807, 2.05) is 18.2 Å². The van der Waals surface area contributed by atoms with E-state index in [4.69, 9.17) is 5.11 Å². The molecule has 17 heavy (non-hydrogen) atoms. The number of benzene rings is 1. The van der Waals surface area contributed by atoms with Gasteiger partial charge in [0.2, 0.25) is 0 Å². The van der Waals surface area contributed by atoms with E-state index in [-0.39, 0.29) is 0 Å². The van der Waals surface area contributed by atoms with Gasteiger partial charge < -0.3 is 5.11 Å². The largest absolute Gasteiger partial charge is 0.478 e. The monoisotopic (exact) mass is 231 g/mol. The van der Waals surface area contributed by atoms with Crippen LogP contribution in [0.15, 0.2) is 35.9 Å². The van der Waals surface area contributed by atoms with Crippen LogP contribution in [0.5, 0.6) is 0 Å². The van der Waals surface area contributed by atoms with Crippen molar-refractivity contribution in [3.63, 3.8) is 0 Å². The van der Waals surface area contributed by atoms with Gasteiger partial charge in [0.1, 0.15) is 0 Å². The molecule has 0 fully saturated rings. The number of nitrogens with zero attached hydrogens (tertiary/aromatic N) is 1. The number of carboxylic acid groups (broad SMARTS) is 1. The highest BCUT2D eigenvalue weighted by atomic mass is 16.4. The van der Waals surface area contributed by atoms with Crippen LogP contribution >= 0.6 is 0 Å². The Morgan fingerprint density at radius 2 is 2.18 bits per heavy atom. The highest BCUT2D eigenvalue weighted by Gasteiger charge is 2.16. The lowest BCUT2D eigenvalue weighted by molar-refractivity contribution is -0.133. The zero-order valence-corrected chi connectivity index (χ0v) is 10.0. The SMILES string of the molecule is Cc1ccccc1CN1CC=C(C(=O)O)CC1. The molecule has 1 heterocycles. The van der Waals surface area contributed by atoms with Crippen LogP contribution in [0.2, 0.25) is 0 Å². The van der Waals surface area contributed by atoms with Gasteiger partial charge in [-0.1, -0.05) is 30.3 Å². The first kappa shape index (κ1) is 11.9. The molecule has 1 aliphatic heterocycles. The molecule has 3 nitrogen and oxygen atoms in total. The van der Waals surface area contributed by atoms with E-state index in [0.717, 1.165) is 19.6 Å².